The van der Waals surface area contributed by atoms with Crippen LogP contribution in [-0.2, 0) is 9.53 Å². The molecule has 1 aromatic carbocycles. The number of benzene rings is 1. The number of nitrogens with zero attached hydrogens (tertiary/aromatic N) is 1. The molecule has 0 saturated carbocycles. The molecule has 0 aliphatic heterocycles. The smallest absolute Gasteiger partial charge is 0.327 e. The summed E-state index contributed by atoms with van der Waals surface area (Å²) in [5.74, 6) is 0.352. The van der Waals surface area contributed by atoms with E-state index in [2.05, 4.69) is 0 Å². The Morgan fingerprint density at radius 3 is 2.47 bits per heavy atom. The highest BCUT2D eigenvalue weighted by Gasteiger charge is 2.16. The summed E-state index contributed by atoms with van der Waals surface area (Å²) in [5.41, 5.74) is 6.51. The second-order valence-corrected chi connectivity index (χ2v) is 4.45. The van der Waals surface area contributed by atoms with Gasteiger partial charge in [0.1, 0.15) is 18.4 Å². The number of nitrogens with two attached hydrogens (primary N) is 1. The number of carbonyl (C=O) groups excluding carboxylic acids is 1. The topological polar surface area (TPSA) is 64.8 Å². The van der Waals surface area contributed by atoms with E-state index in [-0.39, 0.29) is 0 Å². The maximum absolute atomic E-state index is 11.5. The summed E-state index contributed by atoms with van der Waals surface area (Å²) < 4.78 is 10.4. The molecule has 2 N–H and O–H groups in total. The van der Waals surface area contributed by atoms with Crippen LogP contribution in [0.3, 0.4) is 0 Å². The van der Waals surface area contributed by atoms with Crippen molar-refractivity contribution in [2.75, 3.05) is 33.9 Å². The molecule has 5 nitrogen and oxygen atoms in total. The van der Waals surface area contributed by atoms with Crippen LogP contribution in [-0.4, -0.2) is 44.7 Å². The predicted octanol–water partition coefficient (Wildman–Crippen LogP) is 1.19. The SMILES string of the molecule is CCOC(=O)C(N)c1ccc(OCCN(C)C)cc1. The van der Waals surface area contributed by atoms with Crippen LogP contribution in [0.4, 0.5) is 0 Å². The summed E-state index contributed by atoms with van der Waals surface area (Å²) in [7, 11) is 3.98. The molecule has 0 bridgehead atoms. The van der Waals surface area contributed by atoms with Gasteiger partial charge in [-0.15, -0.1) is 0 Å². The lowest BCUT2D eigenvalue weighted by atomic mass is 10.1. The van der Waals surface area contributed by atoms with Crippen LogP contribution in [0.25, 0.3) is 0 Å². The third kappa shape index (κ3) is 5.28. The van der Waals surface area contributed by atoms with Crippen LogP contribution in [0.1, 0.15) is 18.5 Å². The summed E-state index contributed by atoms with van der Waals surface area (Å²) in [5, 5.41) is 0. The molecule has 19 heavy (non-hydrogen) atoms. The number of ether oxygens (including phenoxy) is 2. The summed E-state index contributed by atoms with van der Waals surface area (Å²) in [6.45, 7) is 3.56. The van der Waals surface area contributed by atoms with Crippen molar-refractivity contribution >= 4 is 5.97 Å². The van der Waals surface area contributed by atoms with Gasteiger partial charge < -0.3 is 20.1 Å². The van der Waals surface area contributed by atoms with Crippen LogP contribution in [0, 0.1) is 0 Å². The third-order valence-corrected chi connectivity index (χ3v) is 2.59. The lowest BCUT2D eigenvalue weighted by Crippen LogP contribution is -2.23. The average molecular weight is 266 g/mol. The minimum atomic E-state index is -0.740. The molecule has 0 aliphatic rings. The molecule has 1 atom stereocenters. The van der Waals surface area contributed by atoms with Crippen molar-refractivity contribution in [3.63, 3.8) is 0 Å². The van der Waals surface area contributed by atoms with E-state index in [1.54, 1.807) is 19.1 Å². The van der Waals surface area contributed by atoms with Gasteiger partial charge in [0, 0.05) is 6.54 Å². The first-order chi connectivity index (χ1) is 9.04. The van der Waals surface area contributed by atoms with E-state index in [9.17, 15) is 4.79 Å². The van der Waals surface area contributed by atoms with Crippen molar-refractivity contribution in [1.29, 1.82) is 0 Å². The number of hydrogen-bond acceptors (Lipinski definition) is 5. The van der Waals surface area contributed by atoms with Crippen molar-refractivity contribution in [3.8, 4) is 5.75 Å². The van der Waals surface area contributed by atoms with E-state index in [0.29, 0.717) is 13.2 Å². The molecule has 1 unspecified atom stereocenters. The summed E-state index contributed by atoms with van der Waals surface area (Å²) in [4.78, 5) is 13.5. The Hall–Kier alpha value is -1.59. The monoisotopic (exact) mass is 266 g/mol. The van der Waals surface area contributed by atoms with Gasteiger partial charge in [0.2, 0.25) is 0 Å². The van der Waals surface area contributed by atoms with Crippen LogP contribution < -0.4 is 10.5 Å². The first-order valence-electron chi connectivity index (χ1n) is 6.34. The first kappa shape index (κ1) is 15.5. The molecule has 1 aromatic rings. The van der Waals surface area contributed by atoms with Crippen molar-refractivity contribution in [1.82, 2.24) is 4.90 Å². The molecule has 0 aromatic heterocycles. The maximum atomic E-state index is 11.5. The van der Waals surface area contributed by atoms with E-state index in [0.717, 1.165) is 17.9 Å². The fraction of sp³-hybridized carbons (Fsp3) is 0.500. The fourth-order valence-electron chi connectivity index (χ4n) is 1.49. The van der Waals surface area contributed by atoms with Gasteiger partial charge in [0.15, 0.2) is 0 Å². The van der Waals surface area contributed by atoms with Gasteiger partial charge in [-0.25, -0.2) is 4.79 Å². The molecular formula is C14H22N2O3. The van der Waals surface area contributed by atoms with E-state index in [1.807, 2.05) is 31.1 Å². The van der Waals surface area contributed by atoms with Gasteiger partial charge >= 0.3 is 5.97 Å². The minimum Gasteiger partial charge on any atom is -0.492 e. The first-order valence-corrected chi connectivity index (χ1v) is 6.34. The summed E-state index contributed by atoms with van der Waals surface area (Å²) in [6.07, 6.45) is 0. The largest absolute Gasteiger partial charge is 0.492 e. The Kier molecular flexibility index (Phi) is 6.32. The summed E-state index contributed by atoms with van der Waals surface area (Å²) >= 11 is 0. The van der Waals surface area contributed by atoms with Gasteiger partial charge in [-0.3, -0.25) is 0 Å². The molecule has 0 radical (unpaired) electrons. The van der Waals surface area contributed by atoms with Crippen molar-refractivity contribution in [3.05, 3.63) is 29.8 Å². The quantitative estimate of drug-likeness (QED) is 0.751. The molecule has 0 fully saturated rings. The summed E-state index contributed by atoms with van der Waals surface area (Å²) in [6, 6.07) is 6.45. The van der Waals surface area contributed by atoms with E-state index in [4.69, 9.17) is 15.2 Å². The molecule has 0 spiro atoms. The van der Waals surface area contributed by atoms with E-state index in [1.165, 1.54) is 0 Å². The number of carbonyl (C=O) groups is 1. The standard InChI is InChI=1S/C14H22N2O3/c1-4-18-14(17)13(15)11-5-7-12(8-6-11)19-10-9-16(2)3/h5-8,13H,4,9-10,15H2,1-3H3. The van der Waals surface area contributed by atoms with E-state index >= 15 is 0 Å². The Balaban J connectivity index is 2.53. The number of esters is 1. The van der Waals surface area contributed by atoms with Gasteiger partial charge in [-0.2, -0.15) is 0 Å². The predicted molar refractivity (Wildman–Crippen MR) is 74.1 cm³/mol. The molecule has 0 amide bonds. The molecule has 0 aliphatic carbocycles. The molecular weight excluding hydrogens is 244 g/mol. The second kappa shape index (κ2) is 7.76. The van der Waals surface area contributed by atoms with Gasteiger partial charge in [-0.1, -0.05) is 12.1 Å². The minimum absolute atomic E-state index is 0.332. The normalized spacial score (nSPS) is 12.3. The third-order valence-electron chi connectivity index (χ3n) is 2.59. The van der Waals surface area contributed by atoms with Gasteiger partial charge in [0.05, 0.1) is 6.61 Å². The molecule has 0 saturated heterocycles. The highest BCUT2D eigenvalue weighted by atomic mass is 16.5. The lowest BCUT2D eigenvalue weighted by Gasteiger charge is -2.13. The van der Waals surface area contributed by atoms with Crippen LogP contribution in [0.5, 0.6) is 5.75 Å². The van der Waals surface area contributed by atoms with Gasteiger partial charge in [-0.05, 0) is 38.7 Å². The Labute approximate surface area is 114 Å². The molecule has 106 valence electrons. The number of hydrogen-bond donors (Lipinski definition) is 1. The fourth-order valence-corrected chi connectivity index (χ4v) is 1.49. The number of rotatable bonds is 7. The maximum Gasteiger partial charge on any atom is 0.327 e. The van der Waals surface area contributed by atoms with Crippen molar-refractivity contribution in [2.45, 2.75) is 13.0 Å². The van der Waals surface area contributed by atoms with Crippen LogP contribution in [0.15, 0.2) is 24.3 Å². The molecule has 0 heterocycles. The highest BCUT2D eigenvalue weighted by molar-refractivity contribution is 5.77. The Morgan fingerprint density at radius 1 is 1.32 bits per heavy atom. The van der Waals surface area contributed by atoms with Crippen molar-refractivity contribution < 1.29 is 14.3 Å². The van der Waals surface area contributed by atoms with Crippen molar-refractivity contribution in [2.24, 2.45) is 5.73 Å². The lowest BCUT2D eigenvalue weighted by molar-refractivity contribution is -0.144. The van der Waals surface area contributed by atoms with Crippen LogP contribution >= 0.6 is 0 Å². The zero-order valence-electron chi connectivity index (χ0n) is 11.8. The second-order valence-electron chi connectivity index (χ2n) is 4.45. The van der Waals surface area contributed by atoms with Crippen LogP contribution in [0.2, 0.25) is 0 Å². The van der Waals surface area contributed by atoms with Gasteiger partial charge in [0.25, 0.3) is 0 Å². The zero-order chi connectivity index (χ0) is 14.3. The average Bonchev–Trinajstić information content (AvgIpc) is 2.38. The Bertz CT molecular complexity index is 390. The highest BCUT2D eigenvalue weighted by Crippen LogP contribution is 2.17. The van der Waals surface area contributed by atoms with E-state index < -0.39 is 12.0 Å². The molecule has 1 rings (SSSR count). The molecule has 5 heteroatoms. The Morgan fingerprint density at radius 2 is 1.95 bits per heavy atom. The zero-order valence-corrected chi connectivity index (χ0v) is 11.8. The number of likely N-dealkylation sites (N-methyl/N-ethyl adjacent to an activating group) is 1.